The summed E-state index contributed by atoms with van der Waals surface area (Å²) in [5, 5.41) is 13.3. The highest BCUT2D eigenvalue weighted by Crippen LogP contribution is 2.36. The molecule has 2 aliphatic rings. The van der Waals surface area contributed by atoms with E-state index in [1.54, 1.807) is 0 Å². The maximum absolute atomic E-state index is 9.67. The molecule has 0 spiro atoms. The Labute approximate surface area is 112 Å². The molecule has 2 aliphatic carbocycles. The molecule has 2 N–H and O–H groups in total. The van der Waals surface area contributed by atoms with E-state index in [4.69, 9.17) is 0 Å². The first kappa shape index (κ1) is 14.3. The zero-order chi connectivity index (χ0) is 13.3. The molecule has 3 atom stereocenters. The Morgan fingerprint density at radius 1 is 1.28 bits per heavy atom. The van der Waals surface area contributed by atoms with Gasteiger partial charge in [0.25, 0.3) is 0 Å². The molecule has 2 rings (SSSR count). The lowest BCUT2D eigenvalue weighted by Gasteiger charge is -2.38. The lowest BCUT2D eigenvalue weighted by Crippen LogP contribution is -2.52. The summed E-state index contributed by atoms with van der Waals surface area (Å²) in [6.07, 6.45) is 6.37. The Kier molecular flexibility index (Phi) is 4.35. The molecular weight excluding hydrogens is 224 g/mol. The standard InChI is InChI=1S/C15H30N2O/c1-11(17(4)12(2)13-5-6-13)9-15(3,10-18)16-14-7-8-14/h11-14,16,18H,5-10H2,1-4H3. The Morgan fingerprint density at radius 3 is 2.33 bits per heavy atom. The lowest BCUT2D eigenvalue weighted by atomic mass is 9.92. The van der Waals surface area contributed by atoms with Crippen LogP contribution in [0, 0.1) is 5.92 Å². The first-order valence-electron chi connectivity index (χ1n) is 7.55. The van der Waals surface area contributed by atoms with Gasteiger partial charge in [-0.05, 0) is 65.8 Å². The topological polar surface area (TPSA) is 35.5 Å². The fraction of sp³-hybridized carbons (Fsp3) is 1.00. The van der Waals surface area contributed by atoms with Crippen molar-refractivity contribution in [3.63, 3.8) is 0 Å². The van der Waals surface area contributed by atoms with E-state index in [2.05, 4.69) is 38.0 Å². The van der Waals surface area contributed by atoms with Crippen LogP contribution in [0.5, 0.6) is 0 Å². The molecule has 0 saturated heterocycles. The Hall–Kier alpha value is -0.120. The van der Waals surface area contributed by atoms with E-state index in [0.29, 0.717) is 18.1 Å². The molecule has 3 unspecified atom stereocenters. The van der Waals surface area contributed by atoms with Crippen molar-refractivity contribution in [2.45, 2.75) is 76.5 Å². The lowest BCUT2D eigenvalue weighted by molar-refractivity contribution is 0.103. The number of aliphatic hydroxyl groups is 1. The molecule has 2 saturated carbocycles. The van der Waals surface area contributed by atoms with Gasteiger partial charge in [-0.25, -0.2) is 0 Å². The Morgan fingerprint density at radius 2 is 1.89 bits per heavy atom. The molecule has 0 aliphatic heterocycles. The van der Waals surface area contributed by atoms with Gasteiger partial charge in [0.15, 0.2) is 0 Å². The van der Waals surface area contributed by atoms with Gasteiger partial charge in [-0.15, -0.1) is 0 Å². The van der Waals surface area contributed by atoms with Crippen LogP contribution >= 0.6 is 0 Å². The smallest absolute Gasteiger partial charge is 0.0611 e. The van der Waals surface area contributed by atoms with Crippen molar-refractivity contribution in [1.29, 1.82) is 0 Å². The summed E-state index contributed by atoms with van der Waals surface area (Å²) in [7, 11) is 2.24. The van der Waals surface area contributed by atoms with Crippen LogP contribution < -0.4 is 5.32 Å². The largest absolute Gasteiger partial charge is 0.394 e. The van der Waals surface area contributed by atoms with Crippen molar-refractivity contribution in [1.82, 2.24) is 10.2 Å². The molecule has 3 heteroatoms. The van der Waals surface area contributed by atoms with Gasteiger partial charge in [-0.3, -0.25) is 0 Å². The first-order chi connectivity index (χ1) is 8.45. The predicted molar refractivity (Wildman–Crippen MR) is 75.7 cm³/mol. The minimum absolute atomic E-state index is 0.113. The number of aliphatic hydroxyl groups excluding tert-OH is 1. The highest BCUT2D eigenvalue weighted by Gasteiger charge is 2.36. The fourth-order valence-electron chi connectivity index (χ4n) is 3.00. The maximum atomic E-state index is 9.67. The van der Waals surface area contributed by atoms with Crippen LogP contribution in [0.15, 0.2) is 0 Å². The highest BCUT2D eigenvalue weighted by molar-refractivity contribution is 4.95. The summed E-state index contributed by atoms with van der Waals surface area (Å²) < 4.78 is 0. The monoisotopic (exact) mass is 254 g/mol. The maximum Gasteiger partial charge on any atom is 0.0611 e. The third-order valence-corrected chi connectivity index (χ3v) is 4.87. The molecule has 0 bridgehead atoms. The highest BCUT2D eigenvalue weighted by atomic mass is 16.3. The minimum Gasteiger partial charge on any atom is -0.394 e. The average molecular weight is 254 g/mol. The third-order valence-electron chi connectivity index (χ3n) is 4.87. The molecule has 0 heterocycles. The zero-order valence-electron chi connectivity index (χ0n) is 12.4. The van der Waals surface area contributed by atoms with E-state index in [-0.39, 0.29) is 12.1 Å². The van der Waals surface area contributed by atoms with E-state index in [0.717, 1.165) is 12.3 Å². The van der Waals surface area contributed by atoms with Crippen LogP contribution in [0.4, 0.5) is 0 Å². The zero-order valence-corrected chi connectivity index (χ0v) is 12.4. The van der Waals surface area contributed by atoms with Crippen LogP contribution in [0.25, 0.3) is 0 Å². The average Bonchev–Trinajstić information content (AvgIpc) is 3.19. The van der Waals surface area contributed by atoms with Crippen molar-refractivity contribution in [2.24, 2.45) is 5.92 Å². The van der Waals surface area contributed by atoms with E-state index >= 15 is 0 Å². The van der Waals surface area contributed by atoms with E-state index in [1.165, 1.54) is 25.7 Å². The van der Waals surface area contributed by atoms with Crippen molar-refractivity contribution in [2.75, 3.05) is 13.7 Å². The van der Waals surface area contributed by atoms with Crippen LogP contribution in [0.3, 0.4) is 0 Å². The Bertz CT molecular complexity index is 276. The van der Waals surface area contributed by atoms with Crippen LogP contribution in [-0.2, 0) is 0 Å². The van der Waals surface area contributed by atoms with Gasteiger partial charge in [0.05, 0.1) is 6.61 Å². The number of hydrogen-bond donors (Lipinski definition) is 2. The molecular formula is C15H30N2O. The van der Waals surface area contributed by atoms with Gasteiger partial charge in [0.1, 0.15) is 0 Å². The molecule has 0 aromatic rings. The van der Waals surface area contributed by atoms with Gasteiger partial charge in [-0.1, -0.05) is 0 Å². The van der Waals surface area contributed by atoms with Crippen LogP contribution in [-0.4, -0.2) is 47.3 Å². The third kappa shape index (κ3) is 3.69. The second kappa shape index (κ2) is 5.48. The Balaban J connectivity index is 1.84. The molecule has 0 aromatic heterocycles. The van der Waals surface area contributed by atoms with Gasteiger partial charge >= 0.3 is 0 Å². The number of hydrogen-bond acceptors (Lipinski definition) is 3. The minimum atomic E-state index is -0.113. The van der Waals surface area contributed by atoms with Gasteiger partial charge < -0.3 is 15.3 Å². The fourth-order valence-corrected chi connectivity index (χ4v) is 3.00. The van der Waals surface area contributed by atoms with Crippen molar-refractivity contribution in [3.05, 3.63) is 0 Å². The quantitative estimate of drug-likeness (QED) is 0.695. The number of nitrogens with zero attached hydrogens (tertiary/aromatic N) is 1. The summed E-state index contributed by atoms with van der Waals surface area (Å²) in [6.45, 7) is 7.04. The second-order valence-corrected chi connectivity index (χ2v) is 6.93. The number of rotatable bonds is 8. The number of nitrogens with one attached hydrogen (secondary N) is 1. The molecule has 18 heavy (non-hydrogen) atoms. The molecule has 0 radical (unpaired) electrons. The summed E-state index contributed by atoms with van der Waals surface area (Å²) in [5.74, 6) is 0.911. The summed E-state index contributed by atoms with van der Waals surface area (Å²) >= 11 is 0. The first-order valence-corrected chi connectivity index (χ1v) is 7.55. The van der Waals surface area contributed by atoms with Gasteiger partial charge in [-0.2, -0.15) is 0 Å². The van der Waals surface area contributed by atoms with Gasteiger partial charge in [0, 0.05) is 23.7 Å². The molecule has 0 amide bonds. The van der Waals surface area contributed by atoms with Crippen LogP contribution in [0.2, 0.25) is 0 Å². The van der Waals surface area contributed by atoms with Crippen molar-refractivity contribution < 1.29 is 5.11 Å². The van der Waals surface area contributed by atoms with Crippen molar-refractivity contribution >= 4 is 0 Å². The van der Waals surface area contributed by atoms with Crippen LogP contribution in [0.1, 0.15) is 52.9 Å². The molecule has 0 aromatic carbocycles. The molecule has 106 valence electrons. The summed E-state index contributed by atoms with van der Waals surface area (Å²) in [4.78, 5) is 2.50. The second-order valence-electron chi connectivity index (χ2n) is 6.93. The summed E-state index contributed by atoms with van der Waals surface area (Å²) in [6, 6.07) is 1.85. The SMILES string of the molecule is CC(CC(C)(CO)NC1CC1)N(C)C(C)C1CC1. The summed E-state index contributed by atoms with van der Waals surface area (Å²) in [5.41, 5.74) is -0.113. The normalized spacial score (nSPS) is 27.0. The molecule has 3 nitrogen and oxygen atoms in total. The van der Waals surface area contributed by atoms with Crippen molar-refractivity contribution in [3.8, 4) is 0 Å². The van der Waals surface area contributed by atoms with E-state index in [1.807, 2.05) is 0 Å². The molecule has 2 fully saturated rings. The van der Waals surface area contributed by atoms with Gasteiger partial charge in [0.2, 0.25) is 0 Å². The van der Waals surface area contributed by atoms with E-state index in [9.17, 15) is 5.11 Å². The van der Waals surface area contributed by atoms with E-state index < -0.39 is 0 Å². The predicted octanol–water partition coefficient (Wildman–Crippen LogP) is 2.00.